The van der Waals surface area contributed by atoms with Gasteiger partial charge in [-0.25, -0.2) is 9.48 Å². The summed E-state index contributed by atoms with van der Waals surface area (Å²) in [7, 11) is 1.63. The highest BCUT2D eigenvalue weighted by Crippen LogP contribution is 2.31. The Bertz CT molecular complexity index is 583. The molecule has 0 radical (unpaired) electrons. The Kier molecular flexibility index (Phi) is 3.91. The van der Waals surface area contributed by atoms with E-state index in [1.54, 1.807) is 7.05 Å². The highest BCUT2D eigenvalue weighted by Gasteiger charge is 2.16. The van der Waals surface area contributed by atoms with E-state index >= 15 is 0 Å². The molecular weight excluding hydrogens is 268 g/mol. The normalized spacial score (nSPS) is 10.2. The van der Waals surface area contributed by atoms with E-state index in [0.29, 0.717) is 12.4 Å². The van der Waals surface area contributed by atoms with Gasteiger partial charge in [0.25, 0.3) is 5.88 Å². The quantitative estimate of drug-likeness (QED) is 0.900. The minimum Gasteiger partial charge on any atom is -0.471 e. The average Bonchev–Trinajstić information content (AvgIpc) is 2.65. The number of carbonyl (C=O) groups is 1. The number of nitrogens with zero attached hydrogens (tertiary/aromatic N) is 2. The van der Waals surface area contributed by atoms with Crippen LogP contribution in [0.2, 0.25) is 5.02 Å². The number of hydrogen-bond acceptors (Lipinski definition) is 3. The van der Waals surface area contributed by atoms with Crippen LogP contribution in [-0.4, -0.2) is 15.8 Å². The molecule has 0 aliphatic heterocycles. The molecular formula is C12H13ClN4O2. The third-order valence-electron chi connectivity index (χ3n) is 2.42. The second kappa shape index (κ2) is 5.62. The zero-order valence-electron chi connectivity index (χ0n) is 10.3. The second-order valence-electron chi connectivity index (χ2n) is 3.85. The number of ether oxygens (including phenoxy) is 1. The SMILES string of the molecule is Cn1nc(OCc2ccccc2)c(Cl)c1NC(N)=O. The van der Waals surface area contributed by atoms with Crippen molar-refractivity contribution >= 4 is 23.4 Å². The first kappa shape index (κ1) is 13.2. The van der Waals surface area contributed by atoms with Crippen molar-refractivity contribution in [2.24, 2.45) is 12.8 Å². The molecule has 0 spiro atoms. The van der Waals surface area contributed by atoms with Crippen LogP contribution in [0.4, 0.5) is 10.6 Å². The minimum atomic E-state index is -0.709. The van der Waals surface area contributed by atoms with Crippen LogP contribution >= 0.6 is 11.6 Å². The summed E-state index contributed by atoms with van der Waals surface area (Å²) in [5.74, 6) is 0.550. The van der Waals surface area contributed by atoms with Gasteiger partial charge < -0.3 is 10.5 Å². The Hall–Kier alpha value is -2.21. The van der Waals surface area contributed by atoms with Crippen molar-refractivity contribution in [3.63, 3.8) is 0 Å². The molecule has 2 aromatic rings. The predicted octanol–water partition coefficient (Wildman–Crippen LogP) is 2.14. The van der Waals surface area contributed by atoms with Gasteiger partial charge in [0.15, 0.2) is 5.82 Å². The summed E-state index contributed by atoms with van der Waals surface area (Å²) in [6, 6.07) is 8.90. The summed E-state index contributed by atoms with van der Waals surface area (Å²) in [5.41, 5.74) is 6.04. The first-order valence-corrected chi connectivity index (χ1v) is 5.91. The fraction of sp³-hybridized carbons (Fsp3) is 0.167. The molecule has 6 nitrogen and oxygen atoms in total. The van der Waals surface area contributed by atoms with Crippen LogP contribution in [0, 0.1) is 0 Å². The summed E-state index contributed by atoms with van der Waals surface area (Å²) in [6.07, 6.45) is 0. The lowest BCUT2D eigenvalue weighted by Crippen LogP contribution is -2.21. The zero-order valence-corrected chi connectivity index (χ0v) is 11.0. The summed E-state index contributed by atoms with van der Waals surface area (Å²) in [4.78, 5) is 10.8. The number of hydrogen-bond donors (Lipinski definition) is 2. The van der Waals surface area contributed by atoms with Crippen LogP contribution in [0.25, 0.3) is 0 Å². The van der Waals surface area contributed by atoms with E-state index in [1.807, 2.05) is 30.3 Å². The molecule has 2 rings (SSSR count). The Balaban J connectivity index is 2.11. The van der Waals surface area contributed by atoms with E-state index in [4.69, 9.17) is 22.1 Å². The molecule has 0 saturated heterocycles. The van der Waals surface area contributed by atoms with Gasteiger partial charge in [0.2, 0.25) is 0 Å². The van der Waals surface area contributed by atoms with E-state index < -0.39 is 6.03 Å². The van der Waals surface area contributed by atoms with Crippen molar-refractivity contribution in [1.82, 2.24) is 9.78 Å². The number of benzene rings is 1. The van der Waals surface area contributed by atoms with Gasteiger partial charge in [-0.3, -0.25) is 5.32 Å². The molecule has 7 heteroatoms. The molecule has 0 fully saturated rings. The van der Waals surface area contributed by atoms with E-state index in [2.05, 4.69) is 10.4 Å². The lowest BCUT2D eigenvalue weighted by atomic mass is 10.2. The largest absolute Gasteiger partial charge is 0.471 e. The van der Waals surface area contributed by atoms with Crippen LogP contribution in [-0.2, 0) is 13.7 Å². The maximum atomic E-state index is 10.8. The highest BCUT2D eigenvalue weighted by molar-refractivity contribution is 6.34. The van der Waals surface area contributed by atoms with E-state index in [0.717, 1.165) is 5.56 Å². The molecule has 3 N–H and O–H groups in total. The fourth-order valence-corrected chi connectivity index (χ4v) is 1.81. The van der Waals surface area contributed by atoms with Crippen molar-refractivity contribution in [3.8, 4) is 5.88 Å². The number of anilines is 1. The molecule has 19 heavy (non-hydrogen) atoms. The van der Waals surface area contributed by atoms with Gasteiger partial charge in [0.05, 0.1) is 0 Å². The number of carbonyl (C=O) groups excluding carboxylic acids is 1. The van der Waals surface area contributed by atoms with E-state index in [1.165, 1.54) is 4.68 Å². The lowest BCUT2D eigenvalue weighted by molar-refractivity contribution is 0.259. The Morgan fingerprint density at radius 2 is 2.16 bits per heavy atom. The molecule has 0 aliphatic rings. The Labute approximate surface area is 115 Å². The second-order valence-corrected chi connectivity index (χ2v) is 4.23. The monoisotopic (exact) mass is 280 g/mol. The Morgan fingerprint density at radius 3 is 2.79 bits per heavy atom. The number of nitrogens with one attached hydrogen (secondary N) is 1. The average molecular weight is 281 g/mol. The van der Waals surface area contributed by atoms with Crippen LogP contribution in [0.5, 0.6) is 5.88 Å². The molecule has 0 saturated carbocycles. The number of amides is 2. The number of aryl methyl sites for hydroxylation is 1. The van der Waals surface area contributed by atoms with Crippen LogP contribution in [0.15, 0.2) is 30.3 Å². The topological polar surface area (TPSA) is 82.2 Å². The predicted molar refractivity (Wildman–Crippen MR) is 72.2 cm³/mol. The molecule has 0 bridgehead atoms. The van der Waals surface area contributed by atoms with E-state index in [-0.39, 0.29) is 10.9 Å². The van der Waals surface area contributed by atoms with Crippen LogP contribution in [0.1, 0.15) is 5.56 Å². The van der Waals surface area contributed by atoms with Crippen molar-refractivity contribution < 1.29 is 9.53 Å². The third-order valence-corrected chi connectivity index (χ3v) is 2.76. The number of urea groups is 1. The standard InChI is InChI=1S/C12H13ClN4O2/c1-17-10(15-12(14)18)9(13)11(16-17)19-7-8-5-3-2-4-6-8/h2-6H,7H2,1H3,(H3,14,15,18). The summed E-state index contributed by atoms with van der Waals surface area (Å²) in [6.45, 7) is 0.341. The van der Waals surface area contributed by atoms with Gasteiger partial charge in [-0.15, -0.1) is 5.10 Å². The maximum absolute atomic E-state index is 10.8. The fourth-order valence-electron chi connectivity index (χ4n) is 1.54. The first-order valence-electron chi connectivity index (χ1n) is 5.53. The number of aromatic nitrogens is 2. The molecule has 1 aromatic carbocycles. The van der Waals surface area contributed by atoms with Gasteiger partial charge in [-0.2, -0.15) is 0 Å². The van der Waals surface area contributed by atoms with E-state index in [9.17, 15) is 4.79 Å². The number of rotatable bonds is 4. The van der Waals surface area contributed by atoms with Gasteiger partial charge in [-0.1, -0.05) is 41.9 Å². The molecule has 100 valence electrons. The lowest BCUT2D eigenvalue weighted by Gasteiger charge is -2.03. The Morgan fingerprint density at radius 1 is 1.47 bits per heavy atom. The van der Waals surface area contributed by atoms with Crippen molar-refractivity contribution in [2.75, 3.05) is 5.32 Å². The van der Waals surface area contributed by atoms with Gasteiger partial charge in [0.1, 0.15) is 11.6 Å². The highest BCUT2D eigenvalue weighted by atomic mass is 35.5. The third kappa shape index (κ3) is 3.17. The van der Waals surface area contributed by atoms with Gasteiger partial charge in [-0.05, 0) is 5.56 Å². The molecule has 0 unspecified atom stereocenters. The summed E-state index contributed by atoms with van der Waals surface area (Å²) in [5, 5.41) is 6.68. The smallest absolute Gasteiger partial charge is 0.317 e. The molecule has 2 amide bonds. The first-order chi connectivity index (χ1) is 9.08. The van der Waals surface area contributed by atoms with Crippen molar-refractivity contribution in [2.45, 2.75) is 6.61 Å². The summed E-state index contributed by atoms with van der Waals surface area (Å²) >= 11 is 6.06. The number of nitrogens with two attached hydrogens (primary N) is 1. The molecule has 0 aliphatic carbocycles. The van der Waals surface area contributed by atoms with Crippen LogP contribution in [0.3, 0.4) is 0 Å². The van der Waals surface area contributed by atoms with Crippen molar-refractivity contribution in [3.05, 3.63) is 40.9 Å². The number of primary amides is 1. The molecule has 0 atom stereocenters. The minimum absolute atomic E-state index is 0.220. The summed E-state index contributed by atoms with van der Waals surface area (Å²) < 4.78 is 6.91. The van der Waals surface area contributed by atoms with Gasteiger partial charge in [0, 0.05) is 7.05 Å². The maximum Gasteiger partial charge on any atom is 0.317 e. The van der Waals surface area contributed by atoms with Crippen molar-refractivity contribution in [1.29, 1.82) is 0 Å². The molecule has 1 heterocycles. The van der Waals surface area contributed by atoms with Gasteiger partial charge >= 0.3 is 6.03 Å². The number of halogens is 1. The zero-order chi connectivity index (χ0) is 13.8. The molecule has 1 aromatic heterocycles. The van der Waals surface area contributed by atoms with Crippen LogP contribution < -0.4 is 15.8 Å².